The largest absolute Gasteiger partial charge is 0.462 e. The molecule has 0 heterocycles. The highest BCUT2D eigenvalue weighted by Gasteiger charge is 2.56. The number of carbonyl (C=O) groups is 1. The summed E-state index contributed by atoms with van der Waals surface area (Å²) in [7, 11) is 0. The number of carbonyl (C=O) groups excluding carboxylic acids is 1. The molecule has 0 saturated heterocycles. The molecule has 3 fully saturated rings. The molecule has 0 aliphatic heterocycles. The van der Waals surface area contributed by atoms with Crippen molar-refractivity contribution in [3.8, 4) is 0 Å². The molecular weight excluding hydrogens is 356 g/mol. The molecule has 29 heavy (non-hydrogen) atoms. The van der Waals surface area contributed by atoms with Gasteiger partial charge < -0.3 is 4.74 Å². The molecule has 2 nitrogen and oxygen atoms in total. The fourth-order valence-electron chi connectivity index (χ4n) is 7.27. The molecule has 0 aromatic heterocycles. The third-order valence-corrected chi connectivity index (χ3v) is 8.94. The van der Waals surface area contributed by atoms with E-state index in [-0.39, 0.29) is 22.9 Å². The van der Waals surface area contributed by atoms with E-state index in [1.807, 2.05) is 0 Å². The second-order valence-electron chi connectivity index (χ2n) is 10.8. The maximum Gasteiger partial charge on any atom is 0.312 e. The minimum Gasteiger partial charge on any atom is -0.462 e. The van der Waals surface area contributed by atoms with Crippen LogP contribution in [0.5, 0.6) is 0 Å². The first-order valence-electron chi connectivity index (χ1n) is 13.4. The van der Waals surface area contributed by atoms with Crippen molar-refractivity contribution in [2.75, 3.05) is 0 Å². The summed E-state index contributed by atoms with van der Waals surface area (Å²) in [6.07, 6.45) is 25.3. The number of hydrogen-bond donors (Lipinski definition) is 0. The van der Waals surface area contributed by atoms with Crippen LogP contribution in [0.15, 0.2) is 0 Å². The van der Waals surface area contributed by atoms with Crippen molar-refractivity contribution < 1.29 is 9.53 Å². The fourth-order valence-corrected chi connectivity index (χ4v) is 7.27. The van der Waals surface area contributed by atoms with Crippen molar-refractivity contribution in [2.24, 2.45) is 16.7 Å². The van der Waals surface area contributed by atoms with E-state index in [0.717, 1.165) is 31.6 Å². The maximum atomic E-state index is 13.8. The Kier molecular flexibility index (Phi) is 8.93. The molecule has 3 aliphatic rings. The normalized spacial score (nSPS) is 29.3. The second-order valence-corrected chi connectivity index (χ2v) is 10.8. The molecule has 3 aliphatic carbocycles. The molecule has 0 atom stereocenters. The number of ether oxygens (including phenoxy) is 1. The molecule has 0 spiro atoms. The molecular formula is C27H48O2. The number of esters is 1. The highest BCUT2D eigenvalue weighted by Crippen LogP contribution is 2.60. The highest BCUT2D eigenvalue weighted by atomic mass is 16.5. The summed E-state index contributed by atoms with van der Waals surface area (Å²) in [6, 6.07) is 0. The lowest BCUT2D eigenvalue weighted by molar-refractivity contribution is -0.181. The Morgan fingerprint density at radius 2 is 1.41 bits per heavy atom. The van der Waals surface area contributed by atoms with Gasteiger partial charge in [0.2, 0.25) is 0 Å². The van der Waals surface area contributed by atoms with Crippen LogP contribution in [0.1, 0.15) is 142 Å². The molecule has 0 aromatic carbocycles. The summed E-state index contributed by atoms with van der Waals surface area (Å²) in [5, 5.41) is 0. The van der Waals surface area contributed by atoms with Crippen molar-refractivity contribution in [1.82, 2.24) is 0 Å². The third kappa shape index (κ3) is 5.40. The number of hydrogen-bond acceptors (Lipinski definition) is 2. The molecule has 0 radical (unpaired) electrons. The molecule has 3 saturated carbocycles. The first-order chi connectivity index (χ1) is 14.2. The quantitative estimate of drug-likeness (QED) is 0.285. The molecule has 168 valence electrons. The van der Waals surface area contributed by atoms with E-state index in [1.54, 1.807) is 0 Å². The van der Waals surface area contributed by atoms with E-state index in [2.05, 4.69) is 13.8 Å². The lowest BCUT2D eigenvalue weighted by Gasteiger charge is -2.53. The van der Waals surface area contributed by atoms with E-state index < -0.39 is 0 Å². The Morgan fingerprint density at radius 1 is 0.793 bits per heavy atom. The molecule has 0 aromatic rings. The third-order valence-electron chi connectivity index (χ3n) is 8.94. The minimum absolute atomic E-state index is 0.167. The summed E-state index contributed by atoms with van der Waals surface area (Å²) in [5.74, 6) is 1.10. The van der Waals surface area contributed by atoms with E-state index >= 15 is 0 Å². The van der Waals surface area contributed by atoms with Crippen molar-refractivity contribution in [2.45, 2.75) is 148 Å². The molecule has 2 heteroatoms. The lowest BCUT2D eigenvalue weighted by atomic mass is 9.50. The Bertz CT molecular complexity index is 471. The van der Waals surface area contributed by atoms with Gasteiger partial charge in [-0.25, -0.2) is 0 Å². The van der Waals surface area contributed by atoms with Gasteiger partial charge >= 0.3 is 5.97 Å². The van der Waals surface area contributed by atoms with Crippen molar-refractivity contribution in [1.29, 1.82) is 0 Å². The second kappa shape index (κ2) is 11.2. The van der Waals surface area contributed by atoms with Crippen LogP contribution in [-0.4, -0.2) is 12.1 Å². The SMILES string of the molecule is CCCCC[C@H]1CC[C@H](OC(=O)C2(C3(CCC)CCCCC3)CCCCC2)CC1. The van der Waals surface area contributed by atoms with Gasteiger partial charge in [-0.2, -0.15) is 0 Å². The van der Waals surface area contributed by atoms with Gasteiger partial charge in [0.25, 0.3) is 0 Å². The topological polar surface area (TPSA) is 26.3 Å². The molecule has 0 unspecified atom stereocenters. The molecule has 0 N–H and O–H groups in total. The predicted molar refractivity (Wildman–Crippen MR) is 122 cm³/mol. The first-order valence-corrected chi connectivity index (χ1v) is 13.4. The van der Waals surface area contributed by atoms with Crippen LogP contribution < -0.4 is 0 Å². The van der Waals surface area contributed by atoms with Crippen LogP contribution in [0.3, 0.4) is 0 Å². The maximum absolute atomic E-state index is 13.8. The lowest BCUT2D eigenvalue weighted by Crippen LogP contribution is -2.51. The van der Waals surface area contributed by atoms with E-state index in [1.165, 1.54) is 103 Å². The van der Waals surface area contributed by atoms with Crippen LogP contribution >= 0.6 is 0 Å². The van der Waals surface area contributed by atoms with Crippen molar-refractivity contribution in [3.05, 3.63) is 0 Å². The molecule has 3 rings (SSSR count). The van der Waals surface area contributed by atoms with Crippen LogP contribution in [-0.2, 0) is 9.53 Å². The Labute approximate surface area is 180 Å². The van der Waals surface area contributed by atoms with Gasteiger partial charge in [-0.05, 0) is 69.1 Å². The van der Waals surface area contributed by atoms with E-state index in [0.29, 0.717) is 0 Å². The van der Waals surface area contributed by atoms with Gasteiger partial charge in [0.15, 0.2) is 0 Å². The minimum atomic E-state index is -0.167. The van der Waals surface area contributed by atoms with Crippen LogP contribution in [0.4, 0.5) is 0 Å². The number of rotatable bonds is 9. The summed E-state index contributed by atoms with van der Waals surface area (Å²) in [4.78, 5) is 13.8. The average Bonchev–Trinajstić information content (AvgIpc) is 2.76. The van der Waals surface area contributed by atoms with E-state index in [9.17, 15) is 4.79 Å². The fraction of sp³-hybridized carbons (Fsp3) is 0.963. The smallest absolute Gasteiger partial charge is 0.312 e. The summed E-state index contributed by atoms with van der Waals surface area (Å²) < 4.78 is 6.39. The van der Waals surface area contributed by atoms with Gasteiger partial charge in [0, 0.05) is 0 Å². The monoisotopic (exact) mass is 404 g/mol. The van der Waals surface area contributed by atoms with Crippen LogP contribution in [0.2, 0.25) is 0 Å². The van der Waals surface area contributed by atoms with Gasteiger partial charge in [-0.1, -0.05) is 84.5 Å². The zero-order valence-electron chi connectivity index (χ0n) is 19.6. The molecule has 0 amide bonds. The Balaban J connectivity index is 1.64. The van der Waals surface area contributed by atoms with Gasteiger partial charge in [-0.3, -0.25) is 4.79 Å². The van der Waals surface area contributed by atoms with Crippen molar-refractivity contribution >= 4 is 5.97 Å². The van der Waals surface area contributed by atoms with Crippen LogP contribution in [0.25, 0.3) is 0 Å². The predicted octanol–water partition coefficient (Wildman–Crippen LogP) is 8.37. The summed E-state index contributed by atoms with van der Waals surface area (Å²) >= 11 is 0. The van der Waals surface area contributed by atoms with Gasteiger partial charge in [-0.15, -0.1) is 0 Å². The van der Waals surface area contributed by atoms with E-state index in [4.69, 9.17) is 4.74 Å². The van der Waals surface area contributed by atoms with Crippen molar-refractivity contribution in [3.63, 3.8) is 0 Å². The Morgan fingerprint density at radius 3 is 2.00 bits per heavy atom. The summed E-state index contributed by atoms with van der Waals surface area (Å²) in [5.41, 5.74) is 0.0640. The highest BCUT2D eigenvalue weighted by molar-refractivity contribution is 5.78. The van der Waals surface area contributed by atoms with Gasteiger partial charge in [0.05, 0.1) is 5.41 Å². The standard InChI is InChI=1S/C27H48O2/c1-3-5-8-13-23-14-16-24(17-15-23)29-25(28)27(21-11-7-12-22-27)26(18-4-2)19-9-6-10-20-26/h23-24H,3-22H2,1-2H3/t23-,24-. The van der Waals surface area contributed by atoms with Gasteiger partial charge in [0.1, 0.15) is 6.10 Å². The van der Waals surface area contributed by atoms with Crippen LogP contribution in [0, 0.1) is 16.7 Å². The summed E-state index contributed by atoms with van der Waals surface area (Å²) in [6.45, 7) is 4.60. The average molecular weight is 405 g/mol. The first kappa shape index (κ1) is 23.1. The zero-order chi connectivity index (χ0) is 20.6. The number of unbranched alkanes of at least 4 members (excludes halogenated alkanes) is 2. The molecule has 0 bridgehead atoms. The zero-order valence-corrected chi connectivity index (χ0v) is 19.6. The Hall–Kier alpha value is -0.530.